The number of aromatic nitrogens is 1. The van der Waals surface area contributed by atoms with E-state index >= 15 is 0 Å². The van der Waals surface area contributed by atoms with Crippen molar-refractivity contribution in [3.05, 3.63) is 11.1 Å². The first-order valence-electron chi connectivity index (χ1n) is 7.82. The lowest BCUT2D eigenvalue weighted by molar-refractivity contribution is -0.153. The molecule has 3 rings (SSSR count). The molecule has 6 nitrogen and oxygen atoms in total. The van der Waals surface area contributed by atoms with Crippen molar-refractivity contribution >= 4 is 22.5 Å². The number of thiazole rings is 1. The number of nitrogens with one attached hydrogen (secondary N) is 2. The Morgan fingerprint density at radius 2 is 2.23 bits per heavy atom. The Morgan fingerprint density at radius 3 is 2.91 bits per heavy atom. The van der Waals surface area contributed by atoms with E-state index in [1.165, 1.54) is 24.2 Å². The van der Waals surface area contributed by atoms with E-state index in [0.717, 1.165) is 12.1 Å². The number of urea groups is 1. The minimum absolute atomic E-state index is 0.207. The molecule has 0 unspecified atom stereocenters. The van der Waals surface area contributed by atoms with Gasteiger partial charge in [-0.1, -0.05) is 6.92 Å². The Labute approximate surface area is 134 Å². The van der Waals surface area contributed by atoms with Crippen LogP contribution in [0.25, 0.3) is 0 Å². The van der Waals surface area contributed by atoms with Crippen molar-refractivity contribution in [1.29, 1.82) is 0 Å². The average Bonchev–Trinajstić information content (AvgIpc) is 3.08. The third-order valence-corrected chi connectivity index (χ3v) is 4.74. The second-order valence-electron chi connectivity index (χ2n) is 6.33. The highest BCUT2D eigenvalue weighted by molar-refractivity contribution is 7.13. The highest BCUT2D eigenvalue weighted by atomic mass is 32.1. The van der Waals surface area contributed by atoms with Crippen LogP contribution in [0.4, 0.5) is 9.93 Å². The van der Waals surface area contributed by atoms with Gasteiger partial charge >= 0.3 is 6.03 Å². The van der Waals surface area contributed by atoms with Crippen LogP contribution in [-0.4, -0.2) is 36.6 Å². The highest BCUT2D eigenvalue weighted by Gasteiger charge is 2.32. The first-order chi connectivity index (χ1) is 10.5. The van der Waals surface area contributed by atoms with Gasteiger partial charge in [0.1, 0.15) is 0 Å². The molecule has 22 heavy (non-hydrogen) atoms. The number of hydrogen-bond acceptors (Lipinski definition) is 5. The normalized spacial score (nSPS) is 21.5. The van der Waals surface area contributed by atoms with Crippen molar-refractivity contribution < 1.29 is 14.3 Å². The quantitative estimate of drug-likeness (QED) is 0.843. The number of anilines is 1. The van der Waals surface area contributed by atoms with E-state index in [2.05, 4.69) is 22.5 Å². The van der Waals surface area contributed by atoms with Gasteiger partial charge in [-0.25, -0.2) is 9.78 Å². The number of carbonyl (C=O) groups is 1. The van der Waals surface area contributed by atoms with Crippen LogP contribution in [0.2, 0.25) is 0 Å². The summed E-state index contributed by atoms with van der Waals surface area (Å²) < 4.78 is 11.2. The third kappa shape index (κ3) is 4.18. The lowest BCUT2D eigenvalue weighted by Crippen LogP contribution is -2.36. The van der Waals surface area contributed by atoms with Gasteiger partial charge in [-0.05, 0) is 25.7 Å². The maximum atomic E-state index is 11.9. The number of amides is 2. The van der Waals surface area contributed by atoms with Crippen LogP contribution >= 0.6 is 11.3 Å². The fourth-order valence-corrected chi connectivity index (χ4v) is 3.49. The highest BCUT2D eigenvalue weighted by Crippen LogP contribution is 2.40. The van der Waals surface area contributed by atoms with Gasteiger partial charge < -0.3 is 14.8 Å². The second-order valence-corrected chi connectivity index (χ2v) is 7.18. The van der Waals surface area contributed by atoms with Crippen LogP contribution in [0.1, 0.15) is 44.7 Å². The van der Waals surface area contributed by atoms with E-state index in [9.17, 15) is 4.79 Å². The second kappa shape index (κ2) is 6.52. The van der Waals surface area contributed by atoms with Crippen LogP contribution in [0.3, 0.4) is 0 Å². The molecule has 1 atom stereocenters. The SMILES string of the molecule is C[C@H](CNC(=O)Nc1nc(C2CC2)cs1)CC1(C)OCCO1. The average molecular weight is 325 g/mol. The minimum atomic E-state index is -0.508. The summed E-state index contributed by atoms with van der Waals surface area (Å²) in [6, 6.07) is -0.207. The van der Waals surface area contributed by atoms with E-state index < -0.39 is 5.79 Å². The first kappa shape index (κ1) is 15.7. The maximum Gasteiger partial charge on any atom is 0.321 e. The number of carbonyl (C=O) groups excluding carboxylic acids is 1. The summed E-state index contributed by atoms with van der Waals surface area (Å²) in [5, 5.41) is 8.38. The largest absolute Gasteiger partial charge is 0.348 e. The van der Waals surface area contributed by atoms with Gasteiger partial charge in [0.25, 0.3) is 0 Å². The summed E-state index contributed by atoms with van der Waals surface area (Å²) in [6.45, 7) is 5.89. The molecular weight excluding hydrogens is 302 g/mol. The third-order valence-electron chi connectivity index (χ3n) is 3.97. The molecule has 0 spiro atoms. The van der Waals surface area contributed by atoms with Gasteiger partial charge in [0.05, 0.1) is 18.9 Å². The van der Waals surface area contributed by atoms with Crippen LogP contribution in [0.5, 0.6) is 0 Å². The minimum Gasteiger partial charge on any atom is -0.348 e. The van der Waals surface area contributed by atoms with Gasteiger partial charge in [0.15, 0.2) is 10.9 Å². The van der Waals surface area contributed by atoms with Crippen molar-refractivity contribution in [2.45, 2.75) is 44.8 Å². The lowest BCUT2D eigenvalue weighted by Gasteiger charge is -2.25. The van der Waals surface area contributed by atoms with Crippen LogP contribution < -0.4 is 10.6 Å². The fraction of sp³-hybridized carbons (Fsp3) is 0.733. The Morgan fingerprint density at radius 1 is 1.50 bits per heavy atom. The van der Waals surface area contributed by atoms with Crippen molar-refractivity contribution in [2.24, 2.45) is 5.92 Å². The van der Waals surface area contributed by atoms with Gasteiger partial charge in [0, 0.05) is 24.3 Å². The van der Waals surface area contributed by atoms with E-state index in [0.29, 0.717) is 30.8 Å². The first-order valence-corrected chi connectivity index (χ1v) is 8.70. The number of nitrogens with zero attached hydrogens (tertiary/aromatic N) is 1. The molecule has 0 radical (unpaired) electrons. The van der Waals surface area contributed by atoms with Crippen LogP contribution in [0, 0.1) is 5.92 Å². The molecule has 2 amide bonds. The molecular formula is C15H23N3O3S. The molecule has 1 aliphatic carbocycles. The van der Waals surface area contributed by atoms with Crippen molar-refractivity contribution in [3.63, 3.8) is 0 Å². The van der Waals surface area contributed by atoms with Crippen molar-refractivity contribution in [2.75, 3.05) is 25.1 Å². The topological polar surface area (TPSA) is 72.5 Å². The van der Waals surface area contributed by atoms with Gasteiger partial charge in [-0.3, -0.25) is 5.32 Å². The van der Waals surface area contributed by atoms with E-state index in [-0.39, 0.29) is 11.9 Å². The molecule has 122 valence electrons. The van der Waals surface area contributed by atoms with E-state index in [4.69, 9.17) is 9.47 Å². The molecule has 1 aromatic rings. The summed E-state index contributed by atoms with van der Waals surface area (Å²) in [7, 11) is 0. The smallest absolute Gasteiger partial charge is 0.321 e. The Balaban J connectivity index is 1.39. The van der Waals surface area contributed by atoms with E-state index in [1.807, 2.05) is 12.3 Å². The molecule has 1 aromatic heterocycles. The summed E-state index contributed by atoms with van der Waals surface area (Å²) in [4.78, 5) is 16.4. The van der Waals surface area contributed by atoms with Crippen molar-refractivity contribution in [1.82, 2.24) is 10.3 Å². The van der Waals surface area contributed by atoms with Gasteiger partial charge in [-0.2, -0.15) is 0 Å². The molecule has 7 heteroatoms. The summed E-state index contributed by atoms with van der Waals surface area (Å²) >= 11 is 1.48. The predicted molar refractivity (Wildman–Crippen MR) is 85.2 cm³/mol. The van der Waals surface area contributed by atoms with Crippen LogP contribution in [-0.2, 0) is 9.47 Å². The Bertz CT molecular complexity index is 524. The van der Waals surface area contributed by atoms with Gasteiger partial charge in [0.2, 0.25) is 0 Å². The lowest BCUT2D eigenvalue weighted by atomic mass is 10.0. The van der Waals surface area contributed by atoms with Crippen LogP contribution in [0.15, 0.2) is 5.38 Å². The summed E-state index contributed by atoms with van der Waals surface area (Å²) in [5.41, 5.74) is 1.11. The number of rotatable bonds is 6. The zero-order valence-corrected chi connectivity index (χ0v) is 13.9. The van der Waals surface area contributed by atoms with E-state index in [1.54, 1.807) is 0 Å². The number of ether oxygens (including phenoxy) is 2. The molecule has 1 saturated carbocycles. The predicted octanol–water partition coefficient (Wildman–Crippen LogP) is 2.93. The molecule has 0 aromatic carbocycles. The fourth-order valence-electron chi connectivity index (χ4n) is 2.70. The van der Waals surface area contributed by atoms with Crippen molar-refractivity contribution in [3.8, 4) is 0 Å². The monoisotopic (exact) mass is 325 g/mol. The maximum absolute atomic E-state index is 11.9. The molecule has 2 heterocycles. The molecule has 2 N–H and O–H groups in total. The zero-order chi connectivity index (χ0) is 15.6. The molecule has 2 fully saturated rings. The molecule has 0 bridgehead atoms. The molecule has 1 saturated heterocycles. The summed E-state index contributed by atoms with van der Waals surface area (Å²) in [5.74, 6) is 0.376. The Hall–Kier alpha value is -1.18. The standard InChI is InChI=1S/C15H23N3O3S/c1-10(7-15(2)20-5-6-21-15)8-16-13(19)18-14-17-12(9-22-14)11-3-4-11/h9-11H,3-8H2,1-2H3,(H2,16,17,18,19)/t10-/m0/s1. The zero-order valence-electron chi connectivity index (χ0n) is 13.1. The summed E-state index contributed by atoms with van der Waals surface area (Å²) in [6.07, 6.45) is 3.20. The molecule has 2 aliphatic rings. The Kier molecular flexibility index (Phi) is 4.65. The number of hydrogen-bond donors (Lipinski definition) is 2. The van der Waals surface area contributed by atoms with Gasteiger partial charge in [-0.15, -0.1) is 11.3 Å². The molecule has 1 aliphatic heterocycles.